The van der Waals surface area contributed by atoms with E-state index in [4.69, 9.17) is 17.0 Å². The van der Waals surface area contributed by atoms with Gasteiger partial charge in [0.05, 0.1) is 18.2 Å². The number of carbonyl (C=O) groups is 1. The molecule has 0 aromatic heterocycles. The van der Waals surface area contributed by atoms with Crippen molar-refractivity contribution in [1.29, 1.82) is 0 Å². The highest BCUT2D eigenvalue weighted by molar-refractivity contribution is 7.80. The Morgan fingerprint density at radius 1 is 1.12 bits per heavy atom. The van der Waals surface area contributed by atoms with Crippen LogP contribution in [0.15, 0.2) is 71.9 Å². The smallest absolute Gasteiger partial charge is 0.338 e. The van der Waals surface area contributed by atoms with Gasteiger partial charge in [-0.05, 0) is 43.8 Å². The third-order valence-electron chi connectivity index (χ3n) is 4.13. The lowest BCUT2D eigenvalue weighted by molar-refractivity contribution is -0.139. The van der Waals surface area contributed by atoms with Gasteiger partial charge in [-0.15, -0.1) is 0 Å². The third-order valence-corrected chi connectivity index (χ3v) is 4.43. The van der Waals surface area contributed by atoms with Gasteiger partial charge in [0.2, 0.25) is 0 Å². The van der Waals surface area contributed by atoms with E-state index in [1.807, 2.05) is 72.5 Å². The van der Waals surface area contributed by atoms with E-state index in [-0.39, 0.29) is 12.0 Å². The van der Waals surface area contributed by atoms with E-state index < -0.39 is 0 Å². The summed E-state index contributed by atoms with van der Waals surface area (Å²) in [6.07, 6.45) is 0. The number of hydrogen-bond donors (Lipinski definition) is 1. The number of thiocarbonyl (C=S) groups is 1. The highest BCUT2D eigenvalue weighted by atomic mass is 32.1. The molecule has 0 saturated carbocycles. The number of ether oxygens (including phenoxy) is 1. The van der Waals surface area contributed by atoms with Gasteiger partial charge in [0.15, 0.2) is 5.11 Å². The van der Waals surface area contributed by atoms with E-state index in [2.05, 4.69) is 5.32 Å². The van der Waals surface area contributed by atoms with Gasteiger partial charge in [0.25, 0.3) is 0 Å². The van der Waals surface area contributed by atoms with E-state index in [0.29, 0.717) is 17.3 Å². The minimum atomic E-state index is -0.329. The fourth-order valence-electron chi connectivity index (χ4n) is 3.00. The average Bonchev–Trinajstić information content (AvgIpc) is 2.63. The maximum atomic E-state index is 12.7. The second kappa shape index (κ2) is 7.49. The fraction of sp³-hybridized carbons (Fsp3) is 0.200. The molecule has 4 nitrogen and oxygen atoms in total. The van der Waals surface area contributed by atoms with Crippen LogP contribution >= 0.6 is 12.2 Å². The number of esters is 1. The fourth-order valence-corrected chi connectivity index (χ4v) is 3.36. The molecule has 2 aromatic rings. The lowest BCUT2D eigenvalue weighted by Crippen LogP contribution is -2.48. The molecule has 1 N–H and O–H groups in total. The number of para-hydroxylation sites is 1. The first-order valence-electron chi connectivity index (χ1n) is 8.22. The van der Waals surface area contributed by atoms with E-state index in [1.165, 1.54) is 0 Å². The maximum absolute atomic E-state index is 12.7. The third kappa shape index (κ3) is 3.42. The minimum Gasteiger partial charge on any atom is -0.463 e. The predicted molar refractivity (Wildman–Crippen MR) is 103 cm³/mol. The predicted octanol–water partition coefficient (Wildman–Crippen LogP) is 3.96. The second-order valence-corrected chi connectivity index (χ2v) is 6.07. The Morgan fingerprint density at radius 3 is 2.32 bits per heavy atom. The molecule has 25 heavy (non-hydrogen) atoms. The van der Waals surface area contributed by atoms with Crippen molar-refractivity contribution in [1.82, 2.24) is 5.32 Å². The molecule has 128 valence electrons. The Kier molecular flexibility index (Phi) is 5.14. The molecular formula is C20H20N2O2S. The Hall–Kier alpha value is -2.66. The molecule has 2 aromatic carbocycles. The van der Waals surface area contributed by atoms with Crippen LogP contribution in [0.1, 0.15) is 25.5 Å². The van der Waals surface area contributed by atoms with Gasteiger partial charge in [0.1, 0.15) is 0 Å². The molecule has 1 heterocycles. The highest BCUT2D eigenvalue weighted by Gasteiger charge is 2.35. The van der Waals surface area contributed by atoms with Crippen LogP contribution in [0.25, 0.3) is 0 Å². The summed E-state index contributed by atoms with van der Waals surface area (Å²) in [5.74, 6) is -0.329. The summed E-state index contributed by atoms with van der Waals surface area (Å²) in [5.41, 5.74) is 3.23. The number of hydrogen-bond acceptors (Lipinski definition) is 3. The van der Waals surface area contributed by atoms with Crippen molar-refractivity contribution >= 4 is 29.0 Å². The van der Waals surface area contributed by atoms with Gasteiger partial charge in [0, 0.05) is 11.4 Å². The van der Waals surface area contributed by atoms with Crippen molar-refractivity contribution in [2.45, 2.75) is 19.9 Å². The van der Waals surface area contributed by atoms with E-state index in [1.54, 1.807) is 6.92 Å². The van der Waals surface area contributed by atoms with Crippen LogP contribution in [0, 0.1) is 0 Å². The molecule has 0 radical (unpaired) electrons. The normalized spacial score (nSPS) is 17.3. The zero-order valence-corrected chi connectivity index (χ0v) is 15.0. The molecule has 1 aliphatic heterocycles. The highest BCUT2D eigenvalue weighted by Crippen LogP contribution is 2.33. The van der Waals surface area contributed by atoms with Gasteiger partial charge in [-0.1, -0.05) is 48.5 Å². The van der Waals surface area contributed by atoms with Crippen molar-refractivity contribution in [3.05, 3.63) is 77.5 Å². The van der Waals surface area contributed by atoms with Gasteiger partial charge >= 0.3 is 5.97 Å². The molecule has 0 spiro atoms. The number of rotatable bonds is 4. The summed E-state index contributed by atoms with van der Waals surface area (Å²) in [6.45, 7) is 4.04. The van der Waals surface area contributed by atoms with Gasteiger partial charge < -0.3 is 10.1 Å². The molecule has 0 fully saturated rings. The Labute approximate surface area is 153 Å². The molecule has 1 atom stereocenters. The van der Waals surface area contributed by atoms with Crippen LogP contribution in [0.5, 0.6) is 0 Å². The van der Waals surface area contributed by atoms with Crippen molar-refractivity contribution in [2.24, 2.45) is 0 Å². The van der Waals surface area contributed by atoms with Crippen LogP contribution in [0.4, 0.5) is 5.69 Å². The van der Waals surface area contributed by atoms with Crippen LogP contribution in [0.2, 0.25) is 0 Å². The molecule has 0 bridgehead atoms. The summed E-state index contributed by atoms with van der Waals surface area (Å²) >= 11 is 5.60. The molecule has 0 aliphatic carbocycles. The Bertz CT molecular complexity index is 803. The summed E-state index contributed by atoms with van der Waals surface area (Å²) in [7, 11) is 0. The molecule has 3 rings (SSSR count). The SMILES string of the molecule is CCOC(=O)C1=C(C)N(c2ccccc2)C(=S)N[C@@H]1c1ccccc1. The zero-order chi connectivity index (χ0) is 17.8. The number of nitrogens with one attached hydrogen (secondary N) is 1. The molecule has 0 saturated heterocycles. The van der Waals surface area contributed by atoms with E-state index in [9.17, 15) is 4.79 Å². The Morgan fingerprint density at radius 2 is 1.72 bits per heavy atom. The molecule has 0 unspecified atom stereocenters. The van der Waals surface area contributed by atoms with E-state index >= 15 is 0 Å². The van der Waals surface area contributed by atoms with Crippen molar-refractivity contribution in [3.8, 4) is 0 Å². The lowest BCUT2D eigenvalue weighted by Gasteiger charge is -2.37. The summed E-state index contributed by atoms with van der Waals surface area (Å²) in [5, 5.41) is 3.86. The van der Waals surface area contributed by atoms with Crippen molar-refractivity contribution in [3.63, 3.8) is 0 Å². The molecule has 0 amide bonds. The van der Waals surface area contributed by atoms with Crippen molar-refractivity contribution < 1.29 is 9.53 Å². The van der Waals surface area contributed by atoms with Crippen LogP contribution < -0.4 is 10.2 Å². The van der Waals surface area contributed by atoms with Crippen LogP contribution in [0.3, 0.4) is 0 Å². The Balaban J connectivity index is 2.12. The molecule has 5 heteroatoms. The summed E-state index contributed by atoms with van der Waals surface area (Å²) in [4.78, 5) is 14.6. The summed E-state index contributed by atoms with van der Waals surface area (Å²) < 4.78 is 5.32. The molecule has 1 aliphatic rings. The maximum Gasteiger partial charge on any atom is 0.338 e. The van der Waals surface area contributed by atoms with Gasteiger partial charge in [-0.25, -0.2) is 4.79 Å². The lowest BCUT2D eigenvalue weighted by atomic mass is 9.95. The van der Waals surface area contributed by atoms with E-state index in [0.717, 1.165) is 16.9 Å². The largest absolute Gasteiger partial charge is 0.463 e. The first-order chi connectivity index (χ1) is 12.1. The number of nitrogens with zero attached hydrogens (tertiary/aromatic N) is 1. The number of carbonyl (C=O) groups excluding carboxylic acids is 1. The quantitative estimate of drug-likeness (QED) is 0.666. The summed E-state index contributed by atoms with van der Waals surface area (Å²) in [6, 6.07) is 19.2. The number of allylic oxidation sites excluding steroid dienone is 1. The standard InChI is InChI=1S/C20H20N2O2S/c1-3-24-19(23)17-14(2)22(16-12-8-5-9-13-16)20(25)21-18(17)15-10-6-4-7-11-15/h4-13,18H,3H2,1-2H3,(H,21,25)/t18-/m1/s1. The second-order valence-electron chi connectivity index (χ2n) is 5.68. The monoisotopic (exact) mass is 352 g/mol. The first kappa shape index (κ1) is 17.2. The first-order valence-corrected chi connectivity index (χ1v) is 8.62. The van der Waals surface area contributed by atoms with Gasteiger partial charge in [-0.3, -0.25) is 4.90 Å². The zero-order valence-electron chi connectivity index (χ0n) is 14.2. The number of anilines is 1. The molecular weight excluding hydrogens is 332 g/mol. The van der Waals surface area contributed by atoms with Crippen LogP contribution in [-0.4, -0.2) is 17.7 Å². The number of benzene rings is 2. The topological polar surface area (TPSA) is 41.6 Å². The van der Waals surface area contributed by atoms with Crippen molar-refractivity contribution in [2.75, 3.05) is 11.5 Å². The minimum absolute atomic E-state index is 0.326. The van der Waals surface area contributed by atoms with Gasteiger partial charge in [-0.2, -0.15) is 0 Å². The van der Waals surface area contributed by atoms with Crippen LogP contribution in [-0.2, 0) is 9.53 Å². The average molecular weight is 352 g/mol.